The summed E-state index contributed by atoms with van der Waals surface area (Å²) in [7, 11) is 0. The Labute approximate surface area is 242 Å². The van der Waals surface area contributed by atoms with E-state index < -0.39 is 0 Å². The third-order valence-corrected chi connectivity index (χ3v) is 9.77. The summed E-state index contributed by atoms with van der Waals surface area (Å²) in [4.78, 5) is 0.0579. The minimum Gasteiger partial charge on any atom is -0.119 e. The molecule has 0 rings (SSSR count). The van der Waals surface area contributed by atoms with E-state index in [1.807, 2.05) is 0 Å². The van der Waals surface area contributed by atoms with Crippen molar-refractivity contribution in [2.24, 2.45) is 5.92 Å². The SMILES string of the molecule is CCCCCCCCCCCC(C)C(Cl)(CCCCCCCCCCC)CCCCCCCCCCC. The summed E-state index contributed by atoms with van der Waals surface area (Å²) < 4.78 is 0. The molecule has 1 atom stereocenters. The van der Waals surface area contributed by atoms with Crippen LogP contribution in [0.2, 0.25) is 0 Å². The number of halogens is 1. The summed E-state index contributed by atoms with van der Waals surface area (Å²) in [6.45, 7) is 9.41. The van der Waals surface area contributed by atoms with Gasteiger partial charge in [0.15, 0.2) is 0 Å². The monoisotopic (exact) mass is 541 g/mol. The summed E-state index contributed by atoms with van der Waals surface area (Å²) in [5, 5.41) is 0. The number of alkyl halides is 1. The molecular weight excluding hydrogens is 468 g/mol. The highest BCUT2D eigenvalue weighted by Gasteiger charge is 2.32. The lowest BCUT2D eigenvalue weighted by Gasteiger charge is -2.34. The quantitative estimate of drug-likeness (QED) is 0.0605. The Morgan fingerprint density at radius 1 is 0.378 bits per heavy atom. The molecule has 0 heterocycles. The van der Waals surface area contributed by atoms with Gasteiger partial charge in [-0.3, -0.25) is 0 Å². The summed E-state index contributed by atoms with van der Waals surface area (Å²) in [6, 6.07) is 0. The second kappa shape index (κ2) is 29.3. The molecular formula is C36H73Cl. The van der Waals surface area contributed by atoms with E-state index in [1.165, 1.54) is 193 Å². The van der Waals surface area contributed by atoms with E-state index in [-0.39, 0.29) is 4.87 Å². The van der Waals surface area contributed by atoms with Gasteiger partial charge in [0.1, 0.15) is 0 Å². The van der Waals surface area contributed by atoms with Gasteiger partial charge in [-0.15, -0.1) is 11.6 Å². The van der Waals surface area contributed by atoms with Crippen LogP contribution in [0.4, 0.5) is 0 Å². The van der Waals surface area contributed by atoms with Gasteiger partial charge >= 0.3 is 0 Å². The van der Waals surface area contributed by atoms with Crippen LogP contribution in [0.25, 0.3) is 0 Å². The highest BCUT2D eigenvalue weighted by Crippen LogP contribution is 2.39. The predicted octanol–water partition coefficient (Wildman–Crippen LogP) is 14.4. The van der Waals surface area contributed by atoms with Crippen LogP contribution in [-0.4, -0.2) is 4.87 Å². The van der Waals surface area contributed by atoms with Crippen molar-refractivity contribution >= 4 is 11.6 Å². The van der Waals surface area contributed by atoms with Gasteiger partial charge in [-0.2, -0.15) is 0 Å². The molecule has 0 aromatic carbocycles. The number of hydrogen-bond acceptors (Lipinski definition) is 0. The molecule has 0 saturated heterocycles. The first-order chi connectivity index (χ1) is 18.1. The minimum atomic E-state index is 0.0579. The van der Waals surface area contributed by atoms with E-state index in [9.17, 15) is 0 Å². The molecule has 1 heteroatoms. The average molecular weight is 541 g/mol. The Kier molecular flexibility index (Phi) is 29.5. The Balaban J connectivity index is 4.24. The first kappa shape index (κ1) is 37.3. The zero-order valence-electron chi connectivity index (χ0n) is 26.7. The topological polar surface area (TPSA) is 0 Å². The fraction of sp³-hybridized carbons (Fsp3) is 1.00. The first-order valence-electron chi connectivity index (χ1n) is 17.8. The maximum absolute atomic E-state index is 7.50. The Hall–Kier alpha value is 0.290. The number of hydrogen-bond donors (Lipinski definition) is 0. The average Bonchev–Trinajstić information content (AvgIpc) is 2.90. The molecule has 37 heavy (non-hydrogen) atoms. The van der Waals surface area contributed by atoms with Gasteiger partial charge in [0.05, 0.1) is 0 Å². The lowest BCUT2D eigenvalue weighted by atomic mass is 9.80. The normalized spacial score (nSPS) is 12.9. The molecule has 0 bridgehead atoms. The van der Waals surface area contributed by atoms with Gasteiger partial charge in [0.25, 0.3) is 0 Å². The molecule has 0 aromatic rings. The maximum Gasteiger partial charge on any atom is 0.0472 e. The Morgan fingerprint density at radius 3 is 0.919 bits per heavy atom. The summed E-state index contributed by atoms with van der Waals surface area (Å²) in [6.07, 6.45) is 42.1. The zero-order valence-corrected chi connectivity index (χ0v) is 27.4. The van der Waals surface area contributed by atoms with Crippen molar-refractivity contribution in [2.45, 2.75) is 225 Å². The van der Waals surface area contributed by atoms with Gasteiger partial charge in [-0.05, 0) is 25.2 Å². The molecule has 0 N–H and O–H groups in total. The third kappa shape index (κ3) is 25.0. The molecule has 0 aliphatic carbocycles. The fourth-order valence-corrected chi connectivity index (χ4v) is 6.47. The summed E-state index contributed by atoms with van der Waals surface area (Å²) >= 11 is 7.50. The number of rotatable bonds is 31. The molecule has 0 aliphatic rings. The molecule has 0 radical (unpaired) electrons. The van der Waals surface area contributed by atoms with Crippen molar-refractivity contribution in [3.05, 3.63) is 0 Å². The predicted molar refractivity (Wildman–Crippen MR) is 173 cm³/mol. The molecule has 1 unspecified atom stereocenters. The number of unbranched alkanes of at least 4 members (excludes halogenated alkanes) is 24. The van der Waals surface area contributed by atoms with E-state index in [1.54, 1.807) is 0 Å². The van der Waals surface area contributed by atoms with Gasteiger partial charge < -0.3 is 0 Å². The summed E-state index contributed by atoms with van der Waals surface area (Å²) in [5.41, 5.74) is 0. The lowest BCUT2D eigenvalue weighted by molar-refractivity contribution is 0.304. The molecule has 0 aliphatic heterocycles. The molecule has 0 amide bonds. The molecule has 0 nitrogen and oxygen atoms in total. The van der Waals surface area contributed by atoms with Gasteiger partial charge in [-0.25, -0.2) is 0 Å². The smallest absolute Gasteiger partial charge is 0.0472 e. The van der Waals surface area contributed by atoms with E-state index in [2.05, 4.69) is 27.7 Å². The second-order valence-corrected chi connectivity index (χ2v) is 13.5. The van der Waals surface area contributed by atoms with Gasteiger partial charge in [0.2, 0.25) is 0 Å². The van der Waals surface area contributed by atoms with Crippen LogP contribution in [0.3, 0.4) is 0 Å². The van der Waals surface area contributed by atoms with Crippen molar-refractivity contribution < 1.29 is 0 Å². The molecule has 0 saturated carbocycles. The summed E-state index contributed by atoms with van der Waals surface area (Å²) in [5.74, 6) is 0.668. The van der Waals surface area contributed by atoms with Crippen LogP contribution in [-0.2, 0) is 0 Å². The van der Waals surface area contributed by atoms with Crippen LogP contribution in [0, 0.1) is 5.92 Å². The maximum atomic E-state index is 7.50. The Bertz CT molecular complexity index is 395. The van der Waals surface area contributed by atoms with Gasteiger partial charge in [-0.1, -0.05) is 201 Å². The Morgan fingerprint density at radius 2 is 0.622 bits per heavy atom. The molecule has 224 valence electrons. The largest absolute Gasteiger partial charge is 0.119 e. The van der Waals surface area contributed by atoms with E-state index in [0.717, 1.165) is 0 Å². The highest BCUT2D eigenvalue weighted by atomic mass is 35.5. The zero-order chi connectivity index (χ0) is 27.3. The van der Waals surface area contributed by atoms with Crippen molar-refractivity contribution in [1.82, 2.24) is 0 Å². The van der Waals surface area contributed by atoms with Crippen molar-refractivity contribution in [3.63, 3.8) is 0 Å². The lowest BCUT2D eigenvalue weighted by Crippen LogP contribution is -2.30. The van der Waals surface area contributed by atoms with Crippen LogP contribution in [0.15, 0.2) is 0 Å². The van der Waals surface area contributed by atoms with Crippen molar-refractivity contribution in [1.29, 1.82) is 0 Å². The van der Waals surface area contributed by atoms with Crippen LogP contribution < -0.4 is 0 Å². The van der Waals surface area contributed by atoms with Crippen molar-refractivity contribution in [2.75, 3.05) is 0 Å². The van der Waals surface area contributed by atoms with E-state index in [0.29, 0.717) is 5.92 Å². The van der Waals surface area contributed by atoms with Gasteiger partial charge in [0, 0.05) is 4.87 Å². The van der Waals surface area contributed by atoms with Crippen LogP contribution in [0.5, 0.6) is 0 Å². The standard InChI is InChI=1S/C36H73Cl/c1-5-8-11-14-17-20-23-26-29-32-35(4)36(37,33-30-27-24-21-18-15-12-9-6-2)34-31-28-25-22-19-16-13-10-7-3/h35H,5-34H2,1-4H3. The van der Waals surface area contributed by atoms with Crippen LogP contribution in [0.1, 0.15) is 220 Å². The third-order valence-electron chi connectivity index (χ3n) is 9.02. The second-order valence-electron chi connectivity index (χ2n) is 12.7. The van der Waals surface area contributed by atoms with Crippen LogP contribution >= 0.6 is 11.6 Å². The minimum absolute atomic E-state index is 0.0579. The highest BCUT2D eigenvalue weighted by molar-refractivity contribution is 6.24. The first-order valence-corrected chi connectivity index (χ1v) is 18.2. The molecule has 0 fully saturated rings. The molecule has 0 spiro atoms. The fourth-order valence-electron chi connectivity index (χ4n) is 6.10. The molecule has 0 aromatic heterocycles. The van der Waals surface area contributed by atoms with Crippen molar-refractivity contribution in [3.8, 4) is 0 Å². The van der Waals surface area contributed by atoms with E-state index in [4.69, 9.17) is 11.6 Å². The van der Waals surface area contributed by atoms with E-state index >= 15 is 0 Å².